The first-order chi connectivity index (χ1) is 15.6. The molecule has 4 heterocycles. The molecule has 2 aromatic rings. The Hall–Kier alpha value is -3.11. The van der Waals surface area contributed by atoms with Crippen molar-refractivity contribution in [2.24, 2.45) is 10.8 Å². The van der Waals surface area contributed by atoms with Gasteiger partial charge in [0.15, 0.2) is 0 Å². The highest BCUT2D eigenvalue weighted by atomic mass is 32.2. The number of Topliss-reactive ketones (excluding diaryl/α,β-unsaturated/α-hetero) is 1. The maximum absolute atomic E-state index is 11.7. The number of ether oxygens (including phenoxy) is 1. The summed E-state index contributed by atoms with van der Waals surface area (Å²) in [6.45, 7) is 4.83. The molecule has 10 heteroatoms. The molecule has 3 aliphatic heterocycles. The summed E-state index contributed by atoms with van der Waals surface area (Å²) in [7, 11) is 0. The predicted molar refractivity (Wildman–Crippen MR) is 121 cm³/mol. The molecular weight excluding hydrogens is 446 g/mol. The smallest absolute Gasteiger partial charge is 0.313 e. The van der Waals surface area contributed by atoms with Crippen molar-refractivity contribution >= 4 is 51.8 Å². The van der Waals surface area contributed by atoms with Crippen molar-refractivity contribution in [2.75, 3.05) is 0 Å². The van der Waals surface area contributed by atoms with Crippen LogP contribution in [-0.2, 0) is 19.1 Å². The Morgan fingerprint density at radius 3 is 2.30 bits per heavy atom. The first-order valence-electron chi connectivity index (χ1n) is 10.4. The number of thioether (sulfide) groups is 1. The van der Waals surface area contributed by atoms with Crippen LogP contribution >= 0.6 is 11.8 Å². The van der Waals surface area contributed by atoms with E-state index in [1.54, 1.807) is 32.3 Å². The van der Waals surface area contributed by atoms with E-state index < -0.39 is 16.8 Å². The zero-order chi connectivity index (χ0) is 24.0. The number of nitrogens with zero attached hydrogens (tertiary/aromatic N) is 2. The Bertz CT molecular complexity index is 1180. The molecule has 0 spiro atoms. The summed E-state index contributed by atoms with van der Waals surface area (Å²) in [6, 6.07) is 5.49. The topological polar surface area (TPSA) is 136 Å². The quantitative estimate of drug-likeness (QED) is 0.650. The fourth-order valence-electron chi connectivity index (χ4n) is 4.75. The lowest BCUT2D eigenvalue weighted by Gasteiger charge is -2.41. The lowest BCUT2D eigenvalue weighted by molar-refractivity contribution is -0.162. The minimum atomic E-state index is -1.07. The van der Waals surface area contributed by atoms with Crippen molar-refractivity contribution < 1.29 is 29.0 Å². The van der Waals surface area contributed by atoms with E-state index in [4.69, 9.17) is 4.74 Å². The minimum Gasteiger partial charge on any atom is -0.481 e. The number of imide groups is 1. The highest BCUT2D eigenvalue weighted by molar-refractivity contribution is 8.18. The Labute approximate surface area is 194 Å². The minimum absolute atomic E-state index is 0.0837. The van der Waals surface area contributed by atoms with Crippen LogP contribution in [0.3, 0.4) is 0 Å². The molecule has 4 unspecified atom stereocenters. The van der Waals surface area contributed by atoms with Crippen LogP contribution in [0.4, 0.5) is 4.79 Å². The molecule has 3 fully saturated rings. The van der Waals surface area contributed by atoms with Crippen LogP contribution in [0.5, 0.6) is 0 Å². The molecule has 4 atom stereocenters. The standard InChI is InChI=1S/C12H7N3O2S.C11H16O4/c16-11-10(18-12(17)15-11)6-7-1-2-8-9(5-7)14-4-3-13-8;1-6(12)10(2)7-4-5-8(15-7)11(10,3)9(13)14/h1-6H,(H,15,16,17);7-8H,4-5H2,1-3H3,(H,13,14)/b10-6-;. The van der Waals surface area contributed by atoms with Crippen LogP contribution in [-0.4, -0.2) is 50.2 Å². The highest BCUT2D eigenvalue weighted by Gasteiger charge is 2.70. The van der Waals surface area contributed by atoms with E-state index in [2.05, 4.69) is 15.3 Å². The van der Waals surface area contributed by atoms with Crippen molar-refractivity contribution in [2.45, 2.75) is 45.8 Å². The number of aromatic nitrogens is 2. The maximum Gasteiger partial charge on any atom is 0.313 e. The molecule has 172 valence electrons. The fourth-order valence-corrected chi connectivity index (χ4v) is 5.43. The van der Waals surface area contributed by atoms with Crippen LogP contribution < -0.4 is 5.32 Å². The normalized spacial score (nSPS) is 31.4. The summed E-state index contributed by atoms with van der Waals surface area (Å²) in [5.41, 5.74) is 0.417. The number of ketones is 1. The van der Waals surface area contributed by atoms with Gasteiger partial charge in [0.05, 0.1) is 33.6 Å². The molecule has 1 aromatic heterocycles. The number of carbonyl (C=O) groups excluding carboxylic acids is 3. The molecule has 0 aliphatic carbocycles. The number of benzene rings is 1. The highest BCUT2D eigenvalue weighted by Crippen LogP contribution is 2.59. The number of rotatable bonds is 3. The van der Waals surface area contributed by atoms with Crippen molar-refractivity contribution in [1.29, 1.82) is 0 Å². The molecule has 2 amide bonds. The first-order valence-corrected chi connectivity index (χ1v) is 11.2. The van der Waals surface area contributed by atoms with Crippen LogP contribution in [0.25, 0.3) is 17.1 Å². The van der Waals surface area contributed by atoms with E-state index in [9.17, 15) is 24.3 Å². The second kappa shape index (κ2) is 8.35. The Morgan fingerprint density at radius 1 is 1.12 bits per heavy atom. The SMILES string of the molecule is CC(=O)C1(C)C2CCC(O2)C1(C)C(=O)O.O=C1NC(=O)/C(=C/c2ccc3nccnc3c2)S1. The van der Waals surface area contributed by atoms with E-state index >= 15 is 0 Å². The number of carboxylic acids is 1. The number of aliphatic carboxylic acids is 1. The van der Waals surface area contributed by atoms with E-state index in [0.29, 0.717) is 4.91 Å². The third-order valence-electron chi connectivity index (χ3n) is 7.00. The number of amides is 2. The molecule has 1 aromatic carbocycles. The van der Waals surface area contributed by atoms with Gasteiger partial charge in [-0.2, -0.15) is 0 Å². The van der Waals surface area contributed by atoms with Gasteiger partial charge in [0.1, 0.15) is 11.2 Å². The van der Waals surface area contributed by atoms with Gasteiger partial charge < -0.3 is 9.84 Å². The van der Waals surface area contributed by atoms with Crippen LogP contribution in [0, 0.1) is 10.8 Å². The number of carbonyl (C=O) groups is 4. The zero-order valence-electron chi connectivity index (χ0n) is 18.3. The third kappa shape index (κ3) is 3.72. The van der Waals surface area contributed by atoms with Crippen LogP contribution in [0.15, 0.2) is 35.5 Å². The number of fused-ring (bicyclic) bond motifs is 3. The van der Waals surface area contributed by atoms with Gasteiger partial charge in [-0.25, -0.2) is 0 Å². The van der Waals surface area contributed by atoms with E-state index in [0.717, 1.165) is 41.2 Å². The van der Waals surface area contributed by atoms with Gasteiger partial charge in [-0.3, -0.25) is 34.5 Å². The second-order valence-electron chi connectivity index (χ2n) is 8.61. The first kappa shape index (κ1) is 23.1. The molecule has 5 rings (SSSR count). The lowest BCUT2D eigenvalue weighted by atomic mass is 9.56. The van der Waals surface area contributed by atoms with Gasteiger partial charge in [-0.15, -0.1) is 0 Å². The van der Waals surface area contributed by atoms with E-state index in [-0.39, 0.29) is 29.1 Å². The predicted octanol–water partition coefficient (Wildman–Crippen LogP) is 3.19. The third-order valence-corrected chi connectivity index (χ3v) is 7.81. The summed E-state index contributed by atoms with van der Waals surface area (Å²) in [6.07, 6.45) is 5.91. The average Bonchev–Trinajstić information content (AvgIpc) is 3.44. The molecule has 3 aliphatic rings. The van der Waals surface area contributed by atoms with Gasteiger partial charge in [-0.1, -0.05) is 6.07 Å². The van der Waals surface area contributed by atoms with Crippen LogP contribution in [0.2, 0.25) is 0 Å². The zero-order valence-corrected chi connectivity index (χ0v) is 19.1. The lowest BCUT2D eigenvalue weighted by Crippen LogP contribution is -2.55. The molecular formula is C23H23N3O6S. The molecule has 0 saturated carbocycles. The largest absolute Gasteiger partial charge is 0.481 e. The summed E-state index contributed by atoms with van der Waals surface area (Å²) >= 11 is 0.899. The molecule has 0 radical (unpaired) electrons. The molecule has 9 nitrogen and oxygen atoms in total. The van der Waals surface area contributed by atoms with Gasteiger partial charge in [0.25, 0.3) is 11.1 Å². The molecule has 3 saturated heterocycles. The van der Waals surface area contributed by atoms with Crippen molar-refractivity contribution in [3.8, 4) is 0 Å². The van der Waals surface area contributed by atoms with Crippen molar-refractivity contribution in [1.82, 2.24) is 15.3 Å². The fraction of sp³-hybridized carbons (Fsp3) is 0.391. The Balaban J connectivity index is 0.000000160. The second-order valence-corrected chi connectivity index (χ2v) is 9.63. The summed E-state index contributed by atoms with van der Waals surface area (Å²) in [4.78, 5) is 54.3. The molecule has 2 bridgehead atoms. The maximum atomic E-state index is 11.7. The molecule has 2 N–H and O–H groups in total. The average molecular weight is 470 g/mol. The Kier molecular flexibility index (Phi) is 5.83. The monoisotopic (exact) mass is 469 g/mol. The van der Waals surface area contributed by atoms with Gasteiger partial charge in [0, 0.05) is 12.4 Å². The van der Waals surface area contributed by atoms with E-state index in [1.165, 1.54) is 6.92 Å². The summed E-state index contributed by atoms with van der Waals surface area (Å²) in [5.74, 6) is -1.36. The number of nitrogens with one attached hydrogen (secondary N) is 1. The van der Waals surface area contributed by atoms with Gasteiger partial charge in [0.2, 0.25) is 0 Å². The number of hydrogen-bond donors (Lipinski definition) is 2. The van der Waals surface area contributed by atoms with Crippen molar-refractivity contribution in [3.05, 3.63) is 41.1 Å². The van der Waals surface area contributed by atoms with Gasteiger partial charge >= 0.3 is 5.97 Å². The summed E-state index contributed by atoms with van der Waals surface area (Å²) < 4.78 is 5.62. The van der Waals surface area contributed by atoms with Crippen molar-refractivity contribution in [3.63, 3.8) is 0 Å². The summed E-state index contributed by atoms with van der Waals surface area (Å²) in [5, 5.41) is 11.2. The van der Waals surface area contributed by atoms with Gasteiger partial charge in [-0.05, 0) is 69.1 Å². The Morgan fingerprint density at radius 2 is 1.76 bits per heavy atom. The van der Waals surface area contributed by atoms with E-state index in [1.807, 2.05) is 18.2 Å². The number of hydrogen-bond acceptors (Lipinski definition) is 8. The van der Waals surface area contributed by atoms with Crippen LogP contribution in [0.1, 0.15) is 39.2 Å². The molecule has 33 heavy (non-hydrogen) atoms. The number of carboxylic acid groups (broad SMARTS) is 1.